The van der Waals surface area contributed by atoms with Crippen molar-refractivity contribution >= 4 is 23.6 Å². The maximum absolute atomic E-state index is 14.0. The van der Waals surface area contributed by atoms with Gasteiger partial charge in [0.2, 0.25) is 11.9 Å². The average Bonchev–Trinajstić information content (AvgIpc) is 2.96. The average molecular weight is 614 g/mol. The molecule has 9 nitrogen and oxygen atoms in total. The third-order valence-corrected chi connectivity index (χ3v) is 7.42. The van der Waals surface area contributed by atoms with Crippen molar-refractivity contribution in [3.05, 3.63) is 77.1 Å². The highest BCUT2D eigenvalue weighted by molar-refractivity contribution is 5.75. The van der Waals surface area contributed by atoms with Gasteiger partial charge in [0.05, 0.1) is 24.1 Å². The lowest BCUT2D eigenvalue weighted by Gasteiger charge is -2.33. The maximum Gasteiger partial charge on any atom is 0.419 e. The van der Waals surface area contributed by atoms with Crippen LogP contribution >= 0.6 is 0 Å². The van der Waals surface area contributed by atoms with Crippen LogP contribution < -0.4 is 15.8 Å². The molecule has 12 heteroatoms. The molecule has 3 N–H and O–H groups in total. The van der Waals surface area contributed by atoms with Gasteiger partial charge >= 0.3 is 12.3 Å². The number of ether oxygens (including phenoxy) is 2. The first-order chi connectivity index (χ1) is 20.7. The molecule has 1 aliphatic rings. The fourth-order valence-electron chi connectivity index (χ4n) is 5.29. The fourth-order valence-corrected chi connectivity index (χ4v) is 5.29. The zero-order chi connectivity index (χ0) is 32.1. The number of likely N-dealkylation sites (tertiary alicyclic amines) is 1. The Hall–Kier alpha value is -4.35. The SMILES string of the molecule is COc1cc(C2CCN(C(=O)OC(C)(C)C)CC2)ccc1Nc1ncc(C(F)(F)F)c(CC(CC(N)=O)c2ccccc2)n1. The minimum atomic E-state index is -4.69. The summed E-state index contributed by atoms with van der Waals surface area (Å²) in [5.74, 6) is -0.618. The smallest absolute Gasteiger partial charge is 0.419 e. The van der Waals surface area contributed by atoms with E-state index in [1.54, 1.807) is 41.3 Å². The van der Waals surface area contributed by atoms with Gasteiger partial charge in [-0.25, -0.2) is 14.8 Å². The molecule has 1 fully saturated rings. The zero-order valence-electron chi connectivity index (χ0n) is 25.3. The Morgan fingerprint density at radius 1 is 1.09 bits per heavy atom. The number of hydrogen-bond acceptors (Lipinski definition) is 7. The lowest BCUT2D eigenvalue weighted by Crippen LogP contribution is -2.41. The Bertz CT molecular complexity index is 1450. The molecule has 2 heterocycles. The standard InChI is InChI=1S/C32H38F3N5O4/c1-31(2,3)44-30(42)40-14-12-21(13-15-40)22-10-11-25(27(17-22)43-4)38-29-37-19-24(32(33,34)35)26(39-29)16-23(18-28(36)41)20-8-6-5-7-9-20/h5-11,17,19,21,23H,12-16,18H2,1-4H3,(H2,36,41)(H,37,38,39). The summed E-state index contributed by atoms with van der Waals surface area (Å²) in [5, 5.41) is 2.99. The second-order valence-corrected chi connectivity index (χ2v) is 11.9. The molecule has 0 saturated carbocycles. The van der Waals surface area contributed by atoms with Gasteiger partial charge in [-0.05, 0) is 75.1 Å². The van der Waals surface area contributed by atoms with Crippen molar-refractivity contribution in [1.29, 1.82) is 0 Å². The summed E-state index contributed by atoms with van der Waals surface area (Å²) in [7, 11) is 1.50. The summed E-state index contributed by atoms with van der Waals surface area (Å²) in [6.07, 6.45) is -3.09. The van der Waals surface area contributed by atoms with E-state index in [-0.39, 0.29) is 36.5 Å². The molecular weight excluding hydrogens is 575 g/mol. The molecule has 44 heavy (non-hydrogen) atoms. The van der Waals surface area contributed by atoms with Gasteiger partial charge in [-0.3, -0.25) is 4.79 Å². The Balaban J connectivity index is 1.53. The van der Waals surface area contributed by atoms with Gasteiger partial charge in [-0.1, -0.05) is 36.4 Å². The molecule has 0 bridgehead atoms. The van der Waals surface area contributed by atoms with E-state index in [2.05, 4.69) is 15.3 Å². The molecule has 3 aromatic rings. The van der Waals surface area contributed by atoms with Gasteiger partial charge in [-0.15, -0.1) is 0 Å². The van der Waals surface area contributed by atoms with Crippen LogP contribution in [0.25, 0.3) is 0 Å². The quantitative estimate of drug-likeness (QED) is 0.280. The predicted molar refractivity (Wildman–Crippen MR) is 160 cm³/mol. The van der Waals surface area contributed by atoms with E-state index in [0.717, 1.165) is 24.6 Å². The maximum atomic E-state index is 14.0. The van der Waals surface area contributed by atoms with Gasteiger partial charge < -0.3 is 25.4 Å². The first-order valence-electron chi connectivity index (χ1n) is 14.4. The molecule has 4 rings (SSSR count). The fraction of sp³-hybridized carbons (Fsp3) is 0.438. The lowest BCUT2D eigenvalue weighted by atomic mass is 9.89. The highest BCUT2D eigenvalue weighted by atomic mass is 19.4. The third-order valence-electron chi connectivity index (χ3n) is 7.42. The highest BCUT2D eigenvalue weighted by Gasteiger charge is 2.36. The van der Waals surface area contributed by atoms with Gasteiger partial charge in [0.1, 0.15) is 11.4 Å². The first kappa shape index (κ1) is 32.6. The van der Waals surface area contributed by atoms with Crippen molar-refractivity contribution in [1.82, 2.24) is 14.9 Å². The number of benzene rings is 2. The van der Waals surface area contributed by atoms with Crippen molar-refractivity contribution in [3.63, 3.8) is 0 Å². The number of nitrogens with one attached hydrogen (secondary N) is 1. The Labute approximate surface area is 255 Å². The molecule has 1 aromatic heterocycles. The number of methoxy groups -OCH3 is 1. The minimum absolute atomic E-state index is 0.0457. The number of rotatable bonds is 9. The number of amides is 2. The van der Waals surface area contributed by atoms with E-state index in [4.69, 9.17) is 15.2 Å². The molecule has 1 unspecified atom stereocenters. The number of primary amides is 1. The van der Waals surface area contributed by atoms with Crippen LogP contribution in [-0.4, -0.2) is 52.7 Å². The van der Waals surface area contributed by atoms with Crippen LogP contribution in [0.5, 0.6) is 5.75 Å². The van der Waals surface area contributed by atoms with Crippen molar-refractivity contribution in [3.8, 4) is 5.75 Å². The Morgan fingerprint density at radius 3 is 2.36 bits per heavy atom. The minimum Gasteiger partial charge on any atom is -0.495 e. The lowest BCUT2D eigenvalue weighted by molar-refractivity contribution is -0.138. The summed E-state index contributed by atoms with van der Waals surface area (Å²) in [6.45, 7) is 6.62. The second kappa shape index (κ2) is 13.5. The number of halogens is 3. The molecule has 236 valence electrons. The van der Waals surface area contributed by atoms with E-state index in [9.17, 15) is 22.8 Å². The molecule has 2 amide bonds. The van der Waals surface area contributed by atoms with Crippen LogP contribution in [0.4, 0.5) is 29.6 Å². The van der Waals surface area contributed by atoms with Gasteiger partial charge in [0.25, 0.3) is 0 Å². The number of alkyl halides is 3. The number of anilines is 2. The van der Waals surface area contributed by atoms with Gasteiger partial charge in [0, 0.05) is 25.7 Å². The van der Waals surface area contributed by atoms with Crippen molar-refractivity contribution in [2.75, 3.05) is 25.5 Å². The van der Waals surface area contributed by atoms with Crippen LogP contribution in [0.1, 0.15) is 74.3 Å². The van der Waals surface area contributed by atoms with Crippen LogP contribution in [0.2, 0.25) is 0 Å². The largest absolute Gasteiger partial charge is 0.495 e. The summed E-state index contributed by atoms with van der Waals surface area (Å²) >= 11 is 0. The number of piperidine rings is 1. The molecule has 0 spiro atoms. The van der Waals surface area contributed by atoms with E-state index in [1.807, 2.05) is 32.9 Å². The molecule has 0 radical (unpaired) electrons. The predicted octanol–water partition coefficient (Wildman–Crippen LogP) is 6.56. The van der Waals surface area contributed by atoms with E-state index >= 15 is 0 Å². The molecule has 1 saturated heterocycles. The van der Waals surface area contributed by atoms with Crippen LogP contribution in [0.15, 0.2) is 54.7 Å². The monoisotopic (exact) mass is 613 g/mol. The summed E-state index contributed by atoms with van der Waals surface area (Å²) in [5.41, 5.74) is 5.82. The van der Waals surface area contributed by atoms with Crippen molar-refractivity contribution in [2.45, 2.75) is 70.1 Å². The molecular formula is C32H38F3N5O4. The van der Waals surface area contributed by atoms with E-state index < -0.39 is 29.2 Å². The number of carbonyl (C=O) groups excluding carboxylic acids is 2. The van der Waals surface area contributed by atoms with Crippen molar-refractivity contribution < 1.29 is 32.2 Å². The third kappa shape index (κ3) is 8.61. The summed E-state index contributed by atoms with van der Waals surface area (Å²) in [6, 6.07) is 14.3. The topological polar surface area (TPSA) is 120 Å². The highest BCUT2D eigenvalue weighted by Crippen LogP contribution is 2.37. The number of hydrogen-bond donors (Lipinski definition) is 2. The Kier molecular flexibility index (Phi) is 10.0. The van der Waals surface area contributed by atoms with E-state index in [1.165, 1.54) is 7.11 Å². The zero-order valence-corrected chi connectivity index (χ0v) is 25.3. The Morgan fingerprint density at radius 2 is 1.77 bits per heavy atom. The number of aromatic nitrogens is 2. The van der Waals surface area contributed by atoms with Crippen LogP contribution in [0, 0.1) is 0 Å². The summed E-state index contributed by atoms with van der Waals surface area (Å²) < 4.78 is 53.0. The van der Waals surface area contributed by atoms with Crippen LogP contribution in [0.3, 0.4) is 0 Å². The van der Waals surface area contributed by atoms with Gasteiger partial charge in [-0.2, -0.15) is 13.2 Å². The van der Waals surface area contributed by atoms with E-state index in [0.29, 0.717) is 30.1 Å². The van der Waals surface area contributed by atoms with Crippen LogP contribution in [-0.2, 0) is 22.1 Å². The normalized spacial score (nSPS) is 15.0. The number of carbonyl (C=O) groups is 2. The number of nitrogens with zero attached hydrogens (tertiary/aromatic N) is 3. The first-order valence-corrected chi connectivity index (χ1v) is 14.4. The summed E-state index contributed by atoms with van der Waals surface area (Å²) in [4.78, 5) is 34.1. The van der Waals surface area contributed by atoms with Gasteiger partial charge in [0.15, 0.2) is 0 Å². The second-order valence-electron chi connectivity index (χ2n) is 11.9. The molecule has 1 atom stereocenters. The molecule has 0 aliphatic carbocycles. The van der Waals surface area contributed by atoms with Crippen molar-refractivity contribution in [2.24, 2.45) is 5.73 Å². The number of nitrogens with two attached hydrogens (primary N) is 1. The molecule has 2 aromatic carbocycles. The molecule has 1 aliphatic heterocycles.